The van der Waals surface area contributed by atoms with E-state index in [1.807, 2.05) is 54.6 Å². The second-order valence-electron chi connectivity index (χ2n) is 6.39. The number of ether oxygens (including phenoxy) is 1. The summed E-state index contributed by atoms with van der Waals surface area (Å²) < 4.78 is 5.26. The van der Waals surface area contributed by atoms with Crippen LogP contribution >= 0.6 is 0 Å². The number of hydrogen-bond donors (Lipinski definition) is 2. The summed E-state index contributed by atoms with van der Waals surface area (Å²) in [6, 6.07) is 16.8. The fourth-order valence-corrected chi connectivity index (χ4v) is 3.25. The number of nitrogens with one attached hydrogen (secondary N) is 1. The molecule has 136 valence electrons. The molecule has 0 fully saturated rings. The van der Waals surface area contributed by atoms with Crippen LogP contribution in [-0.4, -0.2) is 40.0 Å². The highest BCUT2D eigenvalue weighted by Gasteiger charge is 2.31. The molecule has 1 aliphatic heterocycles. The lowest BCUT2D eigenvalue weighted by Gasteiger charge is -2.26. The number of ketones is 1. The van der Waals surface area contributed by atoms with Crippen LogP contribution in [0, 0.1) is 0 Å². The van der Waals surface area contributed by atoms with Gasteiger partial charge in [-0.2, -0.15) is 0 Å². The molecule has 3 aromatic rings. The van der Waals surface area contributed by atoms with Gasteiger partial charge in [0.2, 0.25) is 0 Å². The number of benzene rings is 2. The van der Waals surface area contributed by atoms with Crippen LogP contribution in [-0.2, 0) is 16.1 Å². The van der Waals surface area contributed by atoms with E-state index in [0.29, 0.717) is 5.56 Å². The molecule has 0 saturated heterocycles. The predicted octanol–water partition coefficient (Wildman–Crippen LogP) is 3.66. The number of aromatic amines is 1. The van der Waals surface area contributed by atoms with Gasteiger partial charge in [-0.25, -0.2) is 4.79 Å². The van der Waals surface area contributed by atoms with E-state index in [1.54, 1.807) is 6.20 Å². The fraction of sp³-hybridized carbons (Fsp3) is 0.143. The lowest BCUT2D eigenvalue weighted by molar-refractivity contribution is -0.115. The van der Waals surface area contributed by atoms with E-state index in [2.05, 4.69) is 4.98 Å². The van der Waals surface area contributed by atoms with Gasteiger partial charge in [0.25, 0.3) is 0 Å². The summed E-state index contributed by atoms with van der Waals surface area (Å²) in [5.74, 6) is -0.451. The van der Waals surface area contributed by atoms with Gasteiger partial charge in [-0.1, -0.05) is 48.5 Å². The highest BCUT2D eigenvalue weighted by Crippen LogP contribution is 2.30. The molecule has 4 rings (SSSR count). The molecule has 1 aromatic heterocycles. The third-order valence-electron chi connectivity index (χ3n) is 4.56. The number of fused-ring (bicyclic) bond motifs is 1. The summed E-state index contributed by atoms with van der Waals surface area (Å²) in [6.45, 7) is -0.0785. The van der Waals surface area contributed by atoms with E-state index < -0.39 is 6.09 Å². The van der Waals surface area contributed by atoms with Crippen molar-refractivity contribution in [2.24, 2.45) is 0 Å². The number of rotatable bonds is 3. The molecule has 0 radical (unpaired) electrons. The lowest BCUT2D eigenvalue weighted by atomic mass is 9.96. The number of aromatic nitrogens is 1. The molecule has 0 unspecified atom stereocenters. The Morgan fingerprint density at radius 1 is 1.07 bits per heavy atom. The van der Waals surface area contributed by atoms with Crippen molar-refractivity contribution >= 4 is 28.4 Å². The molecular formula is C21H18N2O4. The molecule has 0 saturated carbocycles. The zero-order valence-corrected chi connectivity index (χ0v) is 14.5. The van der Waals surface area contributed by atoms with E-state index in [-0.39, 0.29) is 36.8 Å². The summed E-state index contributed by atoms with van der Waals surface area (Å²) in [6.07, 6.45) is 1.08. The van der Waals surface area contributed by atoms with Crippen LogP contribution in [0.5, 0.6) is 0 Å². The number of aliphatic hydroxyl groups is 1. The molecule has 1 aliphatic rings. The summed E-state index contributed by atoms with van der Waals surface area (Å²) in [4.78, 5) is 29.2. The van der Waals surface area contributed by atoms with E-state index in [1.165, 1.54) is 4.90 Å². The Morgan fingerprint density at radius 2 is 1.81 bits per heavy atom. The van der Waals surface area contributed by atoms with Gasteiger partial charge in [0.05, 0.1) is 18.7 Å². The van der Waals surface area contributed by atoms with Crippen molar-refractivity contribution in [1.29, 1.82) is 0 Å². The highest BCUT2D eigenvalue weighted by molar-refractivity contribution is 6.26. The Labute approximate surface area is 155 Å². The predicted molar refractivity (Wildman–Crippen MR) is 101 cm³/mol. The molecule has 0 bridgehead atoms. The van der Waals surface area contributed by atoms with Crippen LogP contribution in [0.4, 0.5) is 4.79 Å². The number of para-hydroxylation sites is 1. The number of carbonyl (C=O) groups excluding carboxylic acids is 2. The number of aliphatic hydroxyl groups excluding tert-OH is 1. The van der Waals surface area contributed by atoms with Crippen molar-refractivity contribution in [3.05, 3.63) is 77.7 Å². The van der Waals surface area contributed by atoms with Gasteiger partial charge in [0, 0.05) is 22.7 Å². The SMILES string of the molecule is O=C1CN(C(=O)OCc2ccccc2)CC(O)=C1c1c[nH]c2ccccc12. The largest absolute Gasteiger partial charge is 0.510 e. The molecule has 2 aromatic carbocycles. The molecular weight excluding hydrogens is 344 g/mol. The van der Waals surface area contributed by atoms with Crippen LogP contribution in [0.15, 0.2) is 66.6 Å². The lowest BCUT2D eigenvalue weighted by Crippen LogP contribution is -2.41. The zero-order valence-electron chi connectivity index (χ0n) is 14.5. The van der Waals surface area contributed by atoms with Gasteiger partial charge in [-0.3, -0.25) is 9.69 Å². The number of hydrogen-bond acceptors (Lipinski definition) is 4. The summed E-state index contributed by atoms with van der Waals surface area (Å²) in [5, 5.41) is 11.3. The second kappa shape index (κ2) is 6.99. The van der Waals surface area contributed by atoms with Crippen LogP contribution < -0.4 is 0 Å². The zero-order chi connectivity index (χ0) is 18.8. The van der Waals surface area contributed by atoms with Gasteiger partial charge in [-0.05, 0) is 11.6 Å². The van der Waals surface area contributed by atoms with Crippen LogP contribution in [0.1, 0.15) is 11.1 Å². The first-order chi connectivity index (χ1) is 13.1. The van der Waals surface area contributed by atoms with Crippen LogP contribution in [0.25, 0.3) is 16.5 Å². The minimum atomic E-state index is -0.628. The average molecular weight is 362 g/mol. The second-order valence-corrected chi connectivity index (χ2v) is 6.39. The Balaban J connectivity index is 1.52. The fourth-order valence-electron chi connectivity index (χ4n) is 3.25. The molecule has 2 N–H and O–H groups in total. The van der Waals surface area contributed by atoms with Gasteiger partial charge in [0.15, 0.2) is 5.78 Å². The van der Waals surface area contributed by atoms with Crippen LogP contribution in [0.2, 0.25) is 0 Å². The molecule has 6 heteroatoms. The summed E-state index contributed by atoms with van der Waals surface area (Å²) in [5.41, 5.74) is 2.63. The van der Waals surface area contributed by atoms with Gasteiger partial charge >= 0.3 is 6.09 Å². The first-order valence-corrected chi connectivity index (χ1v) is 8.61. The normalized spacial score (nSPS) is 14.7. The highest BCUT2D eigenvalue weighted by atomic mass is 16.6. The molecule has 27 heavy (non-hydrogen) atoms. The molecule has 1 amide bonds. The average Bonchev–Trinajstić information content (AvgIpc) is 3.10. The summed E-state index contributed by atoms with van der Waals surface area (Å²) >= 11 is 0. The van der Waals surface area contributed by atoms with Crippen molar-refractivity contribution in [3.8, 4) is 0 Å². The Kier molecular flexibility index (Phi) is 4.38. The number of H-pyrrole nitrogens is 1. The topological polar surface area (TPSA) is 82.6 Å². The minimum absolute atomic E-state index is 0.0613. The van der Waals surface area contributed by atoms with Crippen molar-refractivity contribution in [1.82, 2.24) is 9.88 Å². The van der Waals surface area contributed by atoms with E-state index in [9.17, 15) is 14.7 Å². The third kappa shape index (κ3) is 3.29. The van der Waals surface area contributed by atoms with Gasteiger partial charge < -0.3 is 14.8 Å². The number of carbonyl (C=O) groups is 2. The summed E-state index contributed by atoms with van der Waals surface area (Å²) in [7, 11) is 0. The van der Waals surface area contributed by atoms with E-state index in [0.717, 1.165) is 16.5 Å². The standard InChI is InChI=1S/C21H18N2O4/c24-18-11-23(21(26)27-13-14-6-2-1-3-7-14)12-19(25)20(18)16-10-22-17-9-5-4-8-15(16)17/h1-10,22,24H,11-13H2. The Morgan fingerprint density at radius 3 is 2.59 bits per heavy atom. The van der Waals surface area contributed by atoms with Gasteiger partial charge in [0.1, 0.15) is 12.4 Å². The van der Waals surface area contributed by atoms with Crippen molar-refractivity contribution in [2.45, 2.75) is 6.61 Å². The maximum atomic E-state index is 12.7. The minimum Gasteiger partial charge on any atom is -0.510 e. The van der Waals surface area contributed by atoms with E-state index >= 15 is 0 Å². The quantitative estimate of drug-likeness (QED) is 0.745. The van der Waals surface area contributed by atoms with Gasteiger partial charge in [-0.15, -0.1) is 0 Å². The first-order valence-electron chi connectivity index (χ1n) is 8.61. The maximum Gasteiger partial charge on any atom is 0.410 e. The number of Topliss-reactive ketones (excluding diaryl/α,β-unsaturated/α-hetero) is 1. The van der Waals surface area contributed by atoms with Crippen molar-refractivity contribution in [3.63, 3.8) is 0 Å². The maximum absolute atomic E-state index is 12.7. The van der Waals surface area contributed by atoms with E-state index in [4.69, 9.17) is 4.74 Å². The Bertz CT molecular complexity index is 1040. The smallest absolute Gasteiger partial charge is 0.410 e. The molecule has 2 heterocycles. The van der Waals surface area contributed by atoms with Crippen molar-refractivity contribution in [2.75, 3.05) is 13.1 Å². The monoisotopic (exact) mass is 362 g/mol. The number of amides is 1. The third-order valence-corrected chi connectivity index (χ3v) is 4.56. The molecule has 0 aliphatic carbocycles. The molecule has 0 atom stereocenters. The molecule has 0 spiro atoms. The van der Waals surface area contributed by atoms with Crippen LogP contribution in [0.3, 0.4) is 0 Å². The Hall–Kier alpha value is -3.54. The number of nitrogens with zero attached hydrogens (tertiary/aromatic N) is 1. The first kappa shape index (κ1) is 16.9. The molecule has 6 nitrogen and oxygen atoms in total. The van der Waals surface area contributed by atoms with Crippen molar-refractivity contribution < 1.29 is 19.4 Å².